The van der Waals surface area contributed by atoms with Crippen molar-refractivity contribution in [3.63, 3.8) is 0 Å². The number of hydrogen-bond acceptors (Lipinski definition) is 7. The molecule has 2 aliphatic rings. The summed E-state index contributed by atoms with van der Waals surface area (Å²) in [7, 11) is -5.92. The summed E-state index contributed by atoms with van der Waals surface area (Å²) in [5.74, 6) is -0.186. The van der Waals surface area contributed by atoms with E-state index in [1.54, 1.807) is 6.07 Å². The second-order valence-electron chi connectivity index (χ2n) is 9.88. The first-order chi connectivity index (χ1) is 18.7. The molecule has 0 amide bonds. The smallest absolute Gasteiger partial charge is 0.487 e. The summed E-state index contributed by atoms with van der Waals surface area (Å²) in [6.07, 6.45) is -2.12. The monoisotopic (exact) mass is 599 g/mol. The second kappa shape index (κ2) is 11.7. The molecule has 15 heteroatoms. The first-order valence-electron chi connectivity index (χ1n) is 12.5. The van der Waals surface area contributed by atoms with Crippen LogP contribution in [0.15, 0.2) is 36.5 Å². The molecule has 1 aromatic carbocycles. The van der Waals surface area contributed by atoms with E-state index in [1.165, 1.54) is 30.2 Å². The zero-order valence-electron chi connectivity index (χ0n) is 21.4. The highest BCUT2D eigenvalue weighted by molar-refractivity contribution is 7.88. The average Bonchev–Trinajstić information content (AvgIpc) is 3.29. The molecule has 3 atom stereocenters. The van der Waals surface area contributed by atoms with E-state index in [0.29, 0.717) is 36.4 Å². The lowest BCUT2D eigenvalue weighted by atomic mass is 9.86. The fourth-order valence-electron chi connectivity index (χ4n) is 5.10. The van der Waals surface area contributed by atoms with Crippen LogP contribution in [0.4, 0.5) is 30.7 Å². The second-order valence-corrected chi connectivity index (χ2v) is 11.4. The third-order valence-corrected chi connectivity index (χ3v) is 7.83. The predicted molar refractivity (Wildman–Crippen MR) is 130 cm³/mol. The molecule has 7 nitrogen and oxygen atoms in total. The summed E-state index contributed by atoms with van der Waals surface area (Å²) in [6, 6.07) is 4.70. The third-order valence-electron chi connectivity index (χ3n) is 6.85. The highest BCUT2D eigenvalue weighted by atomic mass is 32.2. The Bertz CT molecular complexity index is 1270. The predicted octanol–water partition coefficient (Wildman–Crippen LogP) is 5.02. The lowest BCUT2D eigenvalue weighted by Crippen LogP contribution is -2.47. The van der Waals surface area contributed by atoms with Crippen molar-refractivity contribution in [3.8, 4) is 11.5 Å². The van der Waals surface area contributed by atoms with Gasteiger partial charge in [0.15, 0.2) is 0 Å². The van der Waals surface area contributed by atoms with E-state index in [0.717, 1.165) is 25.1 Å². The summed E-state index contributed by atoms with van der Waals surface area (Å²) < 4.78 is 124. The molecule has 0 N–H and O–H groups in total. The van der Waals surface area contributed by atoms with Gasteiger partial charge in [-0.15, -0.1) is 0 Å². The molecule has 222 valence electrons. The van der Waals surface area contributed by atoms with Crippen LogP contribution in [0.25, 0.3) is 0 Å². The number of benzene rings is 1. The molecule has 0 aliphatic carbocycles. The van der Waals surface area contributed by atoms with Gasteiger partial charge in [0.2, 0.25) is 0 Å². The van der Waals surface area contributed by atoms with E-state index in [9.17, 15) is 39.2 Å². The van der Waals surface area contributed by atoms with Crippen molar-refractivity contribution in [2.45, 2.75) is 56.1 Å². The van der Waals surface area contributed by atoms with Crippen LogP contribution in [0, 0.1) is 0 Å². The van der Waals surface area contributed by atoms with Gasteiger partial charge in [0.25, 0.3) is 0 Å². The zero-order chi connectivity index (χ0) is 29.3. The van der Waals surface area contributed by atoms with E-state index < -0.39 is 52.9 Å². The summed E-state index contributed by atoms with van der Waals surface area (Å²) in [5, 5.41) is 0. The number of alkyl halides is 7. The van der Waals surface area contributed by atoms with E-state index in [-0.39, 0.29) is 18.2 Å². The SMILES string of the molecule is C[C@@H]1Cc2cc(OS(=O)(=O)C(F)(F)F)ccc2[C@@H](c2ccc(O[C@H]3CCN(CCCF)C3)cn2)N1CC(F)(F)F. The molecule has 40 heavy (non-hydrogen) atoms. The molecular weight excluding hydrogens is 571 g/mol. The summed E-state index contributed by atoms with van der Waals surface area (Å²) in [4.78, 5) is 7.64. The van der Waals surface area contributed by atoms with E-state index in [4.69, 9.17) is 4.74 Å². The van der Waals surface area contributed by atoms with Crippen molar-refractivity contribution in [3.05, 3.63) is 53.3 Å². The Balaban J connectivity index is 1.59. The Kier molecular flexibility index (Phi) is 8.85. The van der Waals surface area contributed by atoms with Crippen LogP contribution in [-0.2, 0) is 16.5 Å². The number of halogens is 7. The number of aromatic nitrogens is 1. The molecule has 1 aromatic heterocycles. The normalized spacial score (nSPS) is 22.8. The van der Waals surface area contributed by atoms with Crippen LogP contribution in [0.2, 0.25) is 0 Å². The molecule has 0 saturated carbocycles. The van der Waals surface area contributed by atoms with Crippen LogP contribution in [0.3, 0.4) is 0 Å². The Morgan fingerprint density at radius 2 is 1.80 bits per heavy atom. The fraction of sp³-hybridized carbons (Fsp3) is 0.560. The summed E-state index contributed by atoms with van der Waals surface area (Å²) in [5.41, 5.74) is -4.72. The number of ether oxygens (including phenoxy) is 1. The van der Waals surface area contributed by atoms with Gasteiger partial charge in [-0.25, -0.2) is 0 Å². The minimum Gasteiger partial charge on any atom is -0.487 e. The van der Waals surface area contributed by atoms with Gasteiger partial charge in [-0.2, -0.15) is 34.8 Å². The summed E-state index contributed by atoms with van der Waals surface area (Å²) in [6.45, 7) is 1.86. The molecule has 1 saturated heterocycles. The Labute approximate surface area is 227 Å². The van der Waals surface area contributed by atoms with Gasteiger partial charge < -0.3 is 8.92 Å². The lowest BCUT2D eigenvalue weighted by molar-refractivity contribution is -0.155. The van der Waals surface area contributed by atoms with Gasteiger partial charge >= 0.3 is 21.8 Å². The van der Waals surface area contributed by atoms with Crippen LogP contribution >= 0.6 is 0 Å². The Morgan fingerprint density at radius 1 is 1.07 bits per heavy atom. The maximum absolute atomic E-state index is 13.5. The molecule has 2 aromatic rings. The van der Waals surface area contributed by atoms with Gasteiger partial charge in [0.1, 0.15) is 17.6 Å². The molecule has 0 radical (unpaired) electrons. The number of hydrogen-bond donors (Lipinski definition) is 0. The highest BCUT2D eigenvalue weighted by Crippen LogP contribution is 2.41. The van der Waals surface area contributed by atoms with Crippen LogP contribution in [0.1, 0.15) is 42.6 Å². The van der Waals surface area contributed by atoms with Crippen molar-refractivity contribution in [2.75, 3.05) is 32.9 Å². The Hall–Kier alpha value is -2.65. The lowest BCUT2D eigenvalue weighted by Gasteiger charge is -2.42. The molecule has 0 bridgehead atoms. The molecule has 3 heterocycles. The average molecular weight is 600 g/mol. The standard InChI is InChI=1S/C25H28F7N3O4S/c1-16-11-17-12-18(39-40(36,37)25(30,31)32)3-5-21(17)23(35(16)15-24(27,28)29)22-6-4-19(13-33-22)38-20-7-10-34(14-20)9-2-8-26/h3-6,12-13,16,20,23H,2,7-11,14-15H2,1H3/t16-,20+,23+/m1/s1. The maximum atomic E-state index is 13.5. The van der Waals surface area contributed by atoms with Gasteiger partial charge in [-0.1, -0.05) is 6.07 Å². The van der Waals surface area contributed by atoms with Crippen molar-refractivity contribution >= 4 is 10.1 Å². The number of likely N-dealkylation sites (tertiary alicyclic amines) is 1. The van der Waals surface area contributed by atoms with Crippen LogP contribution < -0.4 is 8.92 Å². The molecule has 1 fully saturated rings. The first-order valence-corrected chi connectivity index (χ1v) is 13.9. The van der Waals surface area contributed by atoms with Crippen molar-refractivity contribution in [1.29, 1.82) is 0 Å². The van der Waals surface area contributed by atoms with Gasteiger partial charge in [-0.05, 0) is 61.6 Å². The Morgan fingerprint density at radius 3 is 2.42 bits per heavy atom. The number of nitrogens with zero attached hydrogens (tertiary/aromatic N) is 3. The van der Waals surface area contributed by atoms with E-state index in [1.807, 2.05) is 0 Å². The minimum absolute atomic E-state index is 0.00690. The summed E-state index contributed by atoms with van der Waals surface area (Å²) >= 11 is 0. The van der Waals surface area contributed by atoms with Crippen LogP contribution in [-0.4, -0.2) is 79.9 Å². The molecular formula is C25H28F7N3O4S. The van der Waals surface area contributed by atoms with E-state index >= 15 is 0 Å². The molecule has 2 aliphatic heterocycles. The van der Waals surface area contributed by atoms with Gasteiger partial charge in [0.05, 0.1) is 31.2 Å². The van der Waals surface area contributed by atoms with Crippen molar-refractivity contribution < 1.29 is 48.1 Å². The van der Waals surface area contributed by atoms with Gasteiger partial charge in [0, 0.05) is 25.7 Å². The quantitative estimate of drug-likeness (QED) is 0.228. The van der Waals surface area contributed by atoms with Crippen LogP contribution in [0.5, 0.6) is 11.5 Å². The fourth-order valence-corrected chi connectivity index (χ4v) is 5.55. The zero-order valence-corrected chi connectivity index (χ0v) is 22.2. The number of rotatable bonds is 9. The first kappa shape index (κ1) is 30.3. The maximum Gasteiger partial charge on any atom is 0.534 e. The van der Waals surface area contributed by atoms with E-state index in [2.05, 4.69) is 14.1 Å². The topological polar surface area (TPSA) is 72.0 Å². The highest BCUT2D eigenvalue weighted by Gasteiger charge is 2.49. The largest absolute Gasteiger partial charge is 0.534 e. The molecule has 4 rings (SSSR count). The molecule has 0 unspecified atom stereocenters. The molecule has 0 spiro atoms. The van der Waals surface area contributed by atoms with Crippen molar-refractivity contribution in [2.24, 2.45) is 0 Å². The van der Waals surface area contributed by atoms with Gasteiger partial charge in [-0.3, -0.25) is 19.2 Å². The number of fused-ring (bicyclic) bond motifs is 1. The third kappa shape index (κ3) is 7.16. The minimum atomic E-state index is -5.92. The number of pyridine rings is 1. The van der Waals surface area contributed by atoms with Crippen molar-refractivity contribution in [1.82, 2.24) is 14.8 Å².